The minimum atomic E-state index is -1.18. The number of nitrogens with zero attached hydrogens (tertiary/aromatic N) is 7. The van der Waals surface area contributed by atoms with Crippen LogP contribution in [-0.4, -0.2) is 101 Å². The second-order valence-electron chi connectivity index (χ2n) is 13.2. The van der Waals surface area contributed by atoms with E-state index in [4.69, 9.17) is 37.4 Å². The van der Waals surface area contributed by atoms with Crippen LogP contribution in [0, 0.1) is 0 Å². The van der Waals surface area contributed by atoms with Crippen LogP contribution in [0.15, 0.2) is 79.4 Å². The maximum absolute atomic E-state index is 13.1. The monoisotopic (exact) mass is 735 g/mol. The lowest BCUT2D eigenvalue weighted by Gasteiger charge is -2.37. The minimum absolute atomic E-state index is 0.103. The molecule has 51 heavy (non-hydrogen) atoms. The molecule has 2 atom stereocenters. The first-order valence-corrected chi connectivity index (χ1v) is 17.5. The standard InChI is InChI=1S/C36H39Cl2N7O6/c1-35(2)33(47)45(34(48)44(35)17-18-46)28-6-4-26(5-7-28)41-13-15-42(16-14-41)27-8-10-29(11-9-27)49-20-30-21-50-36(51-30,22-43-24-39-23-40-43)31-12-3-25(37)19-32(31)38/h3-12,19,23-24,30,46H,13-18,20-22H2,1-2H3/t30-,36-/m1/s1. The van der Waals surface area contributed by atoms with E-state index in [0.717, 1.165) is 43.3 Å². The summed E-state index contributed by atoms with van der Waals surface area (Å²) in [5, 5.41) is 14.6. The first-order chi connectivity index (χ1) is 24.6. The first kappa shape index (κ1) is 35.0. The van der Waals surface area contributed by atoms with Crippen molar-refractivity contribution in [1.29, 1.82) is 0 Å². The fourth-order valence-electron chi connectivity index (χ4n) is 6.80. The highest BCUT2D eigenvalue weighted by atomic mass is 35.5. The summed E-state index contributed by atoms with van der Waals surface area (Å²) in [6.07, 6.45) is 2.70. The molecule has 4 heterocycles. The largest absolute Gasteiger partial charge is 0.491 e. The van der Waals surface area contributed by atoms with Gasteiger partial charge in [0.1, 0.15) is 43.2 Å². The number of amides is 3. The summed E-state index contributed by atoms with van der Waals surface area (Å²) >= 11 is 12.7. The predicted molar refractivity (Wildman–Crippen MR) is 193 cm³/mol. The normalized spacial score (nSPS) is 21.9. The number of anilines is 3. The Kier molecular flexibility index (Phi) is 9.83. The van der Waals surface area contributed by atoms with E-state index >= 15 is 0 Å². The lowest BCUT2D eigenvalue weighted by Crippen LogP contribution is -2.46. The second-order valence-corrected chi connectivity index (χ2v) is 14.0. The fraction of sp³-hybridized carbons (Fsp3) is 0.389. The van der Waals surface area contributed by atoms with E-state index in [2.05, 4.69) is 32.0 Å². The van der Waals surface area contributed by atoms with Crippen molar-refractivity contribution < 1.29 is 28.9 Å². The summed E-state index contributed by atoms with van der Waals surface area (Å²) in [7, 11) is 0. The van der Waals surface area contributed by atoms with Crippen molar-refractivity contribution in [2.75, 3.05) is 67.2 Å². The van der Waals surface area contributed by atoms with Crippen molar-refractivity contribution in [3.63, 3.8) is 0 Å². The first-order valence-electron chi connectivity index (χ1n) is 16.8. The average Bonchev–Trinajstić information content (AvgIpc) is 3.84. The molecule has 0 unspecified atom stereocenters. The smallest absolute Gasteiger partial charge is 0.332 e. The van der Waals surface area contributed by atoms with Crippen molar-refractivity contribution in [3.8, 4) is 5.75 Å². The summed E-state index contributed by atoms with van der Waals surface area (Å²) in [4.78, 5) is 37.3. The van der Waals surface area contributed by atoms with Crippen LogP contribution in [0.4, 0.5) is 21.9 Å². The van der Waals surface area contributed by atoms with Gasteiger partial charge in [-0.3, -0.25) is 4.79 Å². The molecule has 0 spiro atoms. The van der Waals surface area contributed by atoms with Crippen molar-refractivity contribution in [3.05, 3.63) is 95.0 Å². The zero-order valence-electron chi connectivity index (χ0n) is 28.3. The maximum Gasteiger partial charge on any atom is 0.332 e. The molecule has 0 aliphatic carbocycles. The average molecular weight is 737 g/mol. The predicted octanol–water partition coefficient (Wildman–Crippen LogP) is 4.80. The molecule has 3 aliphatic rings. The topological polar surface area (TPSA) is 126 Å². The van der Waals surface area contributed by atoms with Gasteiger partial charge in [0.15, 0.2) is 0 Å². The number of benzene rings is 3. The number of ether oxygens (including phenoxy) is 3. The molecule has 7 rings (SSSR count). The van der Waals surface area contributed by atoms with E-state index in [1.165, 1.54) is 16.1 Å². The summed E-state index contributed by atoms with van der Waals surface area (Å²) in [6.45, 7) is 7.39. The Morgan fingerprint density at radius 1 is 0.922 bits per heavy atom. The van der Waals surface area contributed by atoms with Gasteiger partial charge in [-0.1, -0.05) is 29.3 Å². The molecule has 3 fully saturated rings. The number of imide groups is 1. The number of piperazine rings is 1. The highest BCUT2D eigenvalue weighted by molar-refractivity contribution is 6.35. The number of carbonyl (C=O) groups is 2. The lowest BCUT2D eigenvalue weighted by atomic mass is 10.0. The molecule has 0 saturated carbocycles. The van der Waals surface area contributed by atoms with Crippen LogP contribution < -0.4 is 19.4 Å². The van der Waals surface area contributed by atoms with Crippen LogP contribution in [0.25, 0.3) is 0 Å². The summed E-state index contributed by atoms with van der Waals surface area (Å²) < 4.78 is 20.5. The number of urea groups is 1. The molecule has 268 valence electrons. The van der Waals surface area contributed by atoms with Gasteiger partial charge >= 0.3 is 6.03 Å². The molecule has 0 bridgehead atoms. The van der Waals surface area contributed by atoms with Gasteiger partial charge in [-0.05, 0) is 74.5 Å². The van der Waals surface area contributed by atoms with Crippen LogP contribution >= 0.6 is 23.2 Å². The number of aliphatic hydroxyl groups is 1. The van der Waals surface area contributed by atoms with Crippen molar-refractivity contribution in [2.24, 2.45) is 0 Å². The SMILES string of the molecule is CC1(C)C(=O)N(c2ccc(N3CCN(c4ccc(OC[C@@H]5CO[C@@](Cn6cncn6)(c6ccc(Cl)cc6Cl)O5)cc4)CC3)cc2)C(=O)N1CCO. The molecular formula is C36H39Cl2N7O6. The van der Waals surface area contributed by atoms with Crippen molar-refractivity contribution in [2.45, 2.75) is 37.8 Å². The van der Waals surface area contributed by atoms with Crippen molar-refractivity contribution in [1.82, 2.24) is 19.7 Å². The van der Waals surface area contributed by atoms with Crippen LogP contribution in [0.3, 0.4) is 0 Å². The van der Waals surface area contributed by atoms with E-state index in [1.807, 2.05) is 24.3 Å². The lowest BCUT2D eigenvalue weighted by molar-refractivity contribution is -0.190. The Morgan fingerprint density at radius 2 is 1.57 bits per heavy atom. The zero-order valence-corrected chi connectivity index (χ0v) is 29.8. The number of aliphatic hydroxyl groups excluding tert-OH is 1. The number of carbonyl (C=O) groups excluding carboxylic acids is 2. The number of rotatable bonds is 11. The third kappa shape index (κ3) is 6.96. The van der Waals surface area contributed by atoms with E-state index in [9.17, 15) is 14.7 Å². The molecule has 3 aromatic carbocycles. The van der Waals surface area contributed by atoms with Gasteiger partial charge in [0.25, 0.3) is 5.91 Å². The Bertz CT molecular complexity index is 1850. The Hall–Kier alpha value is -4.40. The van der Waals surface area contributed by atoms with E-state index in [0.29, 0.717) is 27.9 Å². The molecule has 3 amide bonds. The highest BCUT2D eigenvalue weighted by Gasteiger charge is 2.51. The van der Waals surface area contributed by atoms with Gasteiger partial charge in [0.05, 0.1) is 23.9 Å². The van der Waals surface area contributed by atoms with Gasteiger partial charge in [-0.2, -0.15) is 5.10 Å². The quantitative estimate of drug-likeness (QED) is 0.215. The van der Waals surface area contributed by atoms with E-state index in [-0.39, 0.29) is 38.3 Å². The fourth-order valence-corrected chi connectivity index (χ4v) is 7.35. The van der Waals surface area contributed by atoms with Crippen LogP contribution in [0.1, 0.15) is 19.4 Å². The minimum Gasteiger partial charge on any atom is -0.491 e. The molecule has 3 aliphatic heterocycles. The summed E-state index contributed by atoms with van der Waals surface area (Å²) in [5.41, 5.74) is 2.28. The van der Waals surface area contributed by atoms with Crippen LogP contribution in [0.5, 0.6) is 5.75 Å². The maximum atomic E-state index is 13.1. The number of aromatic nitrogens is 3. The number of halogens is 2. The number of hydrogen-bond acceptors (Lipinski definition) is 10. The Labute approximate surface area is 305 Å². The molecule has 3 saturated heterocycles. The van der Waals surface area contributed by atoms with Gasteiger partial charge in [0, 0.05) is 54.7 Å². The molecule has 0 radical (unpaired) electrons. The van der Waals surface area contributed by atoms with E-state index in [1.54, 1.807) is 55.2 Å². The van der Waals surface area contributed by atoms with Crippen molar-refractivity contribution >= 4 is 52.2 Å². The molecular weight excluding hydrogens is 697 g/mol. The number of hydrogen-bond donors (Lipinski definition) is 1. The highest BCUT2D eigenvalue weighted by Crippen LogP contribution is 2.41. The summed E-state index contributed by atoms with van der Waals surface area (Å²) in [6, 6.07) is 20.3. The molecule has 4 aromatic rings. The third-order valence-corrected chi connectivity index (χ3v) is 10.1. The van der Waals surface area contributed by atoms with Gasteiger partial charge < -0.3 is 34.0 Å². The van der Waals surface area contributed by atoms with Crippen LogP contribution in [0.2, 0.25) is 10.0 Å². The van der Waals surface area contributed by atoms with Crippen LogP contribution in [-0.2, 0) is 26.6 Å². The second kappa shape index (κ2) is 14.3. The van der Waals surface area contributed by atoms with Gasteiger partial charge in [0.2, 0.25) is 5.79 Å². The molecule has 15 heteroatoms. The molecule has 1 N–H and O–H groups in total. The van der Waals surface area contributed by atoms with Gasteiger partial charge in [-0.15, -0.1) is 0 Å². The Morgan fingerprint density at radius 3 is 2.18 bits per heavy atom. The third-order valence-electron chi connectivity index (χ3n) is 9.58. The molecule has 1 aromatic heterocycles. The zero-order chi connectivity index (χ0) is 35.8. The Balaban J connectivity index is 0.923. The number of β-amino-alcohol motifs (C(OH)–C–C–N with tert-alkyl or cyclic N) is 1. The van der Waals surface area contributed by atoms with E-state index < -0.39 is 17.4 Å². The summed E-state index contributed by atoms with van der Waals surface area (Å²) in [5.74, 6) is -0.763. The van der Waals surface area contributed by atoms with Gasteiger partial charge in [-0.25, -0.2) is 19.4 Å². The molecule has 13 nitrogen and oxygen atoms in total.